The zero-order valence-corrected chi connectivity index (χ0v) is 30.3. The Labute approximate surface area is 312 Å². The van der Waals surface area contributed by atoms with Gasteiger partial charge in [-0.3, -0.25) is 4.90 Å². The van der Waals surface area contributed by atoms with E-state index in [2.05, 4.69) is 58.2 Å². The molecule has 2 N–H and O–H groups in total. The first-order valence-corrected chi connectivity index (χ1v) is 19.5. The Balaban J connectivity index is 1.12. The van der Waals surface area contributed by atoms with Crippen LogP contribution in [0.3, 0.4) is 0 Å². The van der Waals surface area contributed by atoms with Gasteiger partial charge in [0, 0.05) is 38.2 Å². The number of nitrogens with zero attached hydrogens (tertiary/aromatic N) is 1. The summed E-state index contributed by atoms with van der Waals surface area (Å²) in [5.41, 5.74) is 8.06. The van der Waals surface area contributed by atoms with Crippen LogP contribution in [0.2, 0.25) is 0 Å². The van der Waals surface area contributed by atoms with E-state index in [0.717, 1.165) is 46.5 Å². The topological polar surface area (TPSA) is 88.1 Å². The van der Waals surface area contributed by atoms with Crippen LogP contribution in [-0.2, 0) is 45.7 Å². The molecule has 270 valence electrons. The molecule has 1 aliphatic heterocycles. The van der Waals surface area contributed by atoms with Gasteiger partial charge < -0.3 is 14.6 Å². The first-order chi connectivity index (χ1) is 25.9. The van der Waals surface area contributed by atoms with Crippen LogP contribution in [0.5, 0.6) is 0 Å². The summed E-state index contributed by atoms with van der Waals surface area (Å²) in [5, 5.41) is 9.66. The maximum Gasteiger partial charge on any atom is 0.240 e. The van der Waals surface area contributed by atoms with Gasteiger partial charge in [0.05, 0.1) is 23.7 Å². The Morgan fingerprint density at radius 3 is 1.81 bits per heavy atom. The smallest absolute Gasteiger partial charge is 0.240 e. The van der Waals surface area contributed by atoms with Gasteiger partial charge in [0.1, 0.15) is 0 Å². The van der Waals surface area contributed by atoms with Gasteiger partial charge in [0.25, 0.3) is 0 Å². The molecule has 3 atom stereocenters. The fourth-order valence-electron chi connectivity index (χ4n) is 6.82. The number of hydrogen-bond acceptors (Lipinski definition) is 6. The van der Waals surface area contributed by atoms with Crippen molar-refractivity contribution in [2.24, 2.45) is 0 Å². The van der Waals surface area contributed by atoms with Crippen molar-refractivity contribution in [2.45, 2.75) is 56.1 Å². The average molecular weight is 725 g/mol. The Morgan fingerprint density at radius 2 is 1.19 bits per heavy atom. The molecule has 7 rings (SSSR count). The van der Waals surface area contributed by atoms with E-state index in [-0.39, 0.29) is 30.3 Å². The lowest BCUT2D eigenvalue weighted by molar-refractivity contribution is -0.253. The van der Waals surface area contributed by atoms with E-state index in [4.69, 9.17) is 9.47 Å². The molecular weight excluding hydrogens is 681 g/mol. The molecule has 0 aliphatic carbocycles. The van der Waals surface area contributed by atoms with E-state index in [1.165, 1.54) is 11.1 Å². The van der Waals surface area contributed by atoms with Crippen molar-refractivity contribution in [3.8, 4) is 11.1 Å². The Bertz CT molecular complexity index is 2110. The molecule has 0 saturated carbocycles. The molecule has 1 aliphatic rings. The number of aliphatic hydroxyl groups excluding tert-OH is 1. The predicted octanol–water partition coefficient (Wildman–Crippen LogP) is 8.57. The summed E-state index contributed by atoms with van der Waals surface area (Å²) in [5.74, 6) is 0. The van der Waals surface area contributed by atoms with E-state index in [1.54, 1.807) is 30.3 Å². The summed E-state index contributed by atoms with van der Waals surface area (Å²) in [7, 11) is -3.66. The van der Waals surface area contributed by atoms with Gasteiger partial charge in [0.2, 0.25) is 10.0 Å². The average Bonchev–Trinajstić information content (AvgIpc) is 3.21. The molecule has 7 nitrogen and oxygen atoms in total. The SMILES string of the molecule is O=S(=O)(NCc1ccccc1-c1ccc(C2OC(CN(Cc3ccccc3)Cc3ccccc3)CC(c3ccc(CO)cc3)O2)cc1)c1ccccc1. The molecule has 0 bridgehead atoms. The summed E-state index contributed by atoms with van der Waals surface area (Å²) < 4.78 is 42.1. The molecule has 6 aromatic carbocycles. The minimum absolute atomic E-state index is 0.0114. The molecule has 0 amide bonds. The maximum atomic E-state index is 13.0. The van der Waals surface area contributed by atoms with Crippen LogP contribution in [0.25, 0.3) is 11.1 Å². The van der Waals surface area contributed by atoms with Crippen molar-refractivity contribution in [3.63, 3.8) is 0 Å². The molecule has 8 heteroatoms. The highest BCUT2D eigenvalue weighted by Gasteiger charge is 2.33. The maximum absolute atomic E-state index is 13.0. The number of benzene rings is 6. The fraction of sp³-hybridized carbons (Fsp3) is 0.200. The van der Waals surface area contributed by atoms with Gasteiger partial charge in [-0.1, -0.05) is 152 Å². The number of hydrogen-bond donors (Lipinski definition) is 2. The lowest BCUT2D eigenvalue weighted by Crippen LogP contribution is -2.39. The Hall–Kier alpha value is -4.93. The van der Waals surface area contributed by atoms with Crippen molar-refractivity contribution < 1.29 is 23.0 Å². The van der Waals surface area contributed by atoms with Crippen molar-refractivity contribution in [1.29, 1.82) is 0 Å². The van der Waals surface area contributed by atoms with Crippen LogP contribution in [0.1, 0.15) is 52.2 Å². The molecule has 0 radical (unpaired) electrons. The highest BCUT2D eigenvalue weighted by atomic mass is 32.2. The first-order valence-electron chi connectivity index (χ1n) is 18.0. The fourth-order valence-corrected chi connectivity index (χ4v) is 7.85. The monoisotopic (exact) mass is 724 g/mol. The van der Waals surface area contributed by atoms with E-state index < -0.39 is 16.3 Å². The van der Waals surface area contributed by atoms with Crippen molar-refractivity contribution in [3.05, 3.63) is 197 Å². The third-order valence-electron chi connectivity index (χ3n) is 9.59. The van der Waals surface area contributed by atoms with Crippen LogP contribution in [0, 0.1) is 0 Å². The van der Waals surface area contributed by atoms with Crippen molar-refractivity contribution >= 4 is 10.0 Å². The Morgan fingerprint density at radius 1 is 0.623 bits per heavy atom. The summed E-state index contributed by atoms with van der Waals surface area (Å²) in [6.07, 6.45) is -0.255. The molecule has 53 heavy (non-hydrogen) atoms. The van der Waals surface area contributed by atoms with Crippen molar-refractivity contribution in [2.75, 3.05) is 6.54 Å². The molecule has 3 unspecified atom stereocenters. The molecule has 0 spiro atoms. The lowest BCUT2D eigenvalue weighted by Gasteiger charge is -2.38. The molecule has 6 aromatic rings. The number of aliphatic hydroxyl groups is 1. The van der Waals surface area contributed by atoms with E-state index in [1.807, 2.05) is 84.9 Å². The summed E-state index contributed by atoms with van der Waals surface area (Å²) in [6.45, 7) is 2.42. The van der Waals surface area contributed by atoms with Gasteiger partial charge in [-0.15, -0.1) is 0 Å². The minimum atomic E-state index is -3.66. The van der Waals surface area contributed by atoms with Crippen LogP contribution in [0.15, 0.2) is 169 Å². The standard InChI is InChI=1S/C45H44N2O5S/c48-33-36-20-22-38(23-21-36)44-28-41(32-47(30-34-12-4-1-5-13-34)31-35-14-6-2-7-15-35)51-45(52-44)39-26-24-37(25-27-39)43-19-11-10-16-40(43)29-46-53(49,50)42-17-8-3-9-18-42/h1-27,41,44-46,48H,28-33H2. The highest BCUT2D eigenvalue weighted by Crippen LogP contribution is 2.39. The molecule has 1 saturated heterocycles. The third kappa shape index (κ3) is 9.55. The lowest BCUT2D eigenvalue weighted by atomic mass is 9.97. The van der Waals surface area contributed by atoms with Crippen LogP contribution in [0.4, 0.5) is 0 Å². The first kappa shape index (κ1) is 36.4. The predicted molar refractivity (Wildman–Crippen MR) is 208 cm³/mol. The largest absolute Gasteiger partial charge is 0.392 e. The number of ether oxygens (including phenoxy) is 2. The normalized spacial score (nSPS) is 17.5. The summed E-state index contributed by atoms with van der Waals surface area (Å²) >= 11 is 0. The van der Waals surface area contributed by atoms with E-state index >= 15 is 0 Å². The number of rotatable bonds is 14. The summed E-state index contributed by atoms with van der Waals surface area (Å²) in [4.78, 5) is 2.67. The second-order valence-corrected chi connectivity index (χ2v) is 15.2. The van der Waals surface area contributed by atoms with Gasteiger partial charge >= 0.3 is 0 Å². The zero-order valence-electron chi connectivity index (χ0n) is 29.5. The third-order valence-corrected chi connectivity index (χ3v) is 11.0. The Kier molecular flexibility index (Phi) is 11.9. The van der Waals surface area contributed by atoms with Gasteiger partial charge in [0.15, 0.2) is 6.29 Å². The number of nitrogens with one attached hydrogen (secondary N) is 1. The highest BCUT2D eigenvalue weighted by molar-refractivity contribution is 7.89. The second-order valence-electron chi connectivity index (χ2n) is 13.4. The zero-order chi connectivity index (χ0) is 36.5. The van der Waals surface area contributed by atoms with Crippen molar-refractivity contribution in [1.82, 2.24) is 9.62 Å². The van der Waals surface area contributed by atoms with Gasteiger partial charge in [-0.2, -0.15) is 0 Å². The van der Waals surface area contributed by atoms with Gasteiger partial charge in [-0.25, -0.2) is 13.1 Å². The molecule has 0 aromatic heterocycles. The van der Waals surface area contributed by atoms with Crippen LogP contribution < -0.4 is 4.72 Å². The molecular formula is C45H44N2O5S. The van der Waals surface area contributed by atoms with Crippen LogP contribution in [-0.4, -0.2) is 31.1 Å². The molecule has 1 heterocycles. The second kappa shape index (κ2) is 17.3. The number of sulfonamides is 1. The van der Waals surface area contributed by atoms with Crippen LogP contribution >= 0.6 is 0 Å². The quantitative estimate of drug-likeness (QED) is 0.117. The van der Waals surface area contributed by atoms with E-state index in [9.17, 15) is 13.5 Å². The van der Waals surface area contributed by atoms with Gasteiger partial charge in [-0.05, 0) is 51.1 Å². The minimum Gasteiger partial charge on any atom is -0.392 e. The van der Waals surface area contributed by atoms with E-state index in [0.29, 0.717) is 13.0 Å². The summed E-state index contributed by atoms with van der Waals surface area (Å²) in [6, 6.07) is 53.4. The molecule has 1 fully saturated rings.